The number of carbonyl (C=O) groups excluding carboxylic acids is 1. The summed E-state index contributed by atoms with van der Waals surface area (Å²) >= 11 is 0. The quantitative estimate of drug-likeness (QED) is 0.775. The minimum Gasteiger partial charge on any atom is -0.445 e. The zero-order valence-corrected chi connectivity index (χ0v) is 16.7. The summed E-state index contributed by atoms with van der Waals surface area (Å²) in [6.07, 6.45) is 3.93. The topological polar surface area (TPSA) is 89.7 Å². The molecule has 1 aromatic carbocycles. The SMILES string of the molecule is CS(=O)(=O)c1ccc(CC(=O)N2CCc3oc(C4CCOCC4)nc3C2)cc1. The Bertz CT molecular complexity index is 959. The van der Waals surface area contributed by atoms with Crippen molar-refractivity contribution < 1.29 is 22.4 Å². The number of carbonyl (C=O) groups is 1. The highest BCUT2D eigenvalue weighted by molar-refractivity contribution is 7.90. The molecule has 1 fully saturated rings. The van der Waals surface area contributed by atoms with Crippen molar-refractivity contribution in [1.29, 1.82) is 0 Å². The molecule has 0 unspecified atom stereocenters. The number of benzene rings is 1. The summed E-state index contributed by atoms with van der Waals surface area (Å²) in [7, 11) is -3.23. The van der Waals surface area contributed by atoms with Crippen molar-refractivity contribution in [2.75, 3.05) is 26.0 Å². The summed E-state index contributed by atoms with van der Waals surface area (Å²) in [5.41, 5.74) is 1.65. The van der Waals surface area contributed by atoms with E-state index in [9.17, 15) is 13.2 Å². The van der Waals surface area contributed by atoms with Gasteiger partial charge in [0.15, 0.2) is 15.7 Å². The van der Waals surface area contributed by atoms with Gasteiger partial charge in [-0.3, -0.25) is 4.79 Å². The molecule has 0 radical (unpaired) electrons. The van der Waals surface area contributed by atoms with Crippen LogP contribution in [0, 0.1) is 0 Å². The highest BCUT2D eigenvalue weighted by atomic mass is 32.2. The molecule has 0 spiro atoms. The van der Waals surface area contributed by atoms with E-state index in [1.165, 1.54) is 6.26 Å². The fraction of sp³-hybridized carbons (Fsp3) is 0.500. The van der Waals surface area contributed by atoms with Gasteiger partial charge in [0.1, 0.15) is 11.5 Å². The average molecular weight is 404 g/mol. The Balaban J connectivity index is 1.41. The number of ether oxygens (including phenoxy) is 1. The van der Waals surface area contributed by atoms with Crippen molar-refractivity contribution in [3.63, 3.8) is 0 Å². The fourth-order valence-corrected chi connectivity index (χ4v) is 4.32. The summed E-state index contributed by atoms with van der Waals surface area (Å²) < 4.78 is 34.5. The van der Waals surface area contributed by atoms with Crippen molar-refractivity contribution >= 4 is 15.7 Å². The lowest BCUT2D eigenvalue weighted by atomic mass is 10.0. The summed E-state index contributed by atoms with van der Waals surface area (Å²) in [6, 6.07) is 6.49. The Labute approximate surface area is 164 Å². The minimum atomic E-state index is -3.23. The Morgan fingerprint density at radius 2 is 1.93 bits per heavy atom. The summed E-state index contributed by atoms with van der Waals surface area (Å²) in [4.78, 5) is 19.4. The first kappa shape index (κ1) is 19.1. The van der Waals surface area contributed by atoms with Gasteiger partial charge in [-0.05, 0) is 30.5 Å². The molecule has 0 aliphatic carbocycles. The van der Waals surface area contributed by atoms with Crippen LogP contribution in [0.25, 0.3) is 0 Å². The van der Waals surface area contributed by atoms with E-state index in [-0.39, 0.29) is 17.2 Å². The number of hydrogen-bond donors (Lipinski definition) is 0. The molecule has 3 heterocycles. The summed E-state index contributed by atoms with van der Waals surface area (Å²) in [5.74, 6) is 1.98. The van der Waals surface area contributed by atoms with Gasteiger partial charge in [-0.25, -0.2) is 13.4 Å². The second-order valence-electron chi connectivity index (χ2n) is 7.47. The van der Waals surface area contributed by atoms with Gasteiger partial charge in [0, 0.05) is 38.4 Å². The van der Waals surface area contributed by atoms with E-state index in [0.717, 1.165) is 49.0 Å². The highest BCUT2D eigenvalue weighted by Gasteiger charge is 2.28. The number of hydrogen-bond acceptors (Lipinski definition) is 6. The van der Waals surface area contributed by atoms with Crippen LogP contribution in [0.15, 0.2) is 33.6 Å². The molecule has 0 saturated carbocycles. The largest absolute Gasteiger partial charge is 0.445 e. The van der Waals surface area contributed by atoms with Gasteiger partial charge in [0.25, 0.3) is 0 Å². The van der Waals surface area contributed by atoms with E-state index >= 15 is 0 Å². The smallest absolute Gasteiger partial charge is 0.227 e. The van der Waals surface area contributed by atoms with E-state index in [0.29, 0.717) is 25.4 Å². The van der Waals surface area contributed by atoms with Crippen LogP contribution in [0.1, 0.15) is 41.7 Å². The maximum Gasteiger partial charge on any atom is 0.227 e. The molecule has 1 saturated heterocycles. The molecule has 0 atom stereocenters. The monoisotopic (exact) mass is 404 g/mol. The van der Waals surface area contributed by atoms with Gasteiger partial charge in [0.05, 0.1) is 17.9 Å². The Morgan fingerprint density at radius 3 is 2.61 bits per heavy atom. The van der Waals surface area contributed by atoms with Crippen LogP contribution < -0.4 is 0 Å². The third-order valence-corrected chi connectivity index (χ3v) is 6.50. The number of rotatable bonds is 4. The molecular formula is C20H24N2O5S. The lowest BCUT2D eigenvalue weighted by molar-refractivity contribution is -0.131. The van der Waals surface area contributed by atoms with Crippen LogP contribution in [-0.2, 0) is 38.8 Å². The number of nitrogens with zero attached hydrogens (tertiary/aromatic N) is 2. The zero-order chi connectivity index (χ0) is 19.7. The molecule has 4 rings (SSSR count). The fourth-order valence-electron chi connectivity index (χ4n) is 3.69. The molecule has 0 bridgehead atoms. The van der Waals surface area contributed by atoms with E-state index < -0.39 is 9.84 Å². The maximum atomic E-state index is 12.7. The van der Waals surface area contributed by atoms with Crippen LogP contribution in [0.2, 0.25) is 0 Å². The average Bonchev–Trinajstić information content (AvgIpc) is 3.12. The zero-order valence-electron chi connectivity index (χ0n) is 15.9. The van der Waals surface area contributed by atoms with Gasteiger partial charge < -0.3 is 14.1 Å². The van der Waals surface area contributed by atoms with E-state index in [2.05, 4.69) is 4.98 Å². The van der Waals surface area contributed by atoms with Gasteiger partial charge in [0.2, 0.25) is 5.91 Å². The van der Waals surface area contributed by atoms with Gasteiger partial charge in [-0.2, -0.15) is 0 Å². The minimum absolute atomic E-state index is 0.00775. The number of aromatic nitrogens is 1. The molecule has 1 aromatic heterocycles. The van der Waals surface area contributed by atoms with Gasteiger partial charge in [-0.1, -0.05) is 12.1 Å². The van der Waals surface area contributed by atoms with Crippen molar-refractivity contribution in [3.05, 3.63) is 47.2 Å². The Morgan fingerprint density at radius 1 is 1.21 bits per heavy atom. The first-order valence-corrected chi connectivity index (χ1v) is 11.4. The summed E-state index contributed by atoms with van der Waals surface area (Å²) in [6.45, 7) is 2.54. The molecule has 0 N–H and O–H groups in total. The van der Waals surface area contributed by atoms with Crippen molar-refractivity contribution in [2.45, 2.75) is 43.0 Å². The van der Waals surface area contributed by atoms with Crippen LogP contribution in [0.4, 0.5) is 0 Å². The second-order valence-corrected chi connectivity index (χ2v) is 9.48. The first-order valence-electron chi connectivity index (χ1n) is 9.53. The second kappa shape index (κ2) is 7.67. The maximum absolute atomic E-state index is 12.7. The molecule has 7 nitrogen and oxygen atoms in total. The highest BCUT2D eigenvalue weighted by Crippen LogP contribution is 2.30. The number of amides is 1. The van der Waals surface area contributed by atoms with Crippen LogP contribution in [0.3, 0.4) is 0 Å². The normalized spacial score (nSPS) is 18.1. The third-order valence-electron chi connectivity index (χ3n) is 5.37. The van der Waals surface area contributed by atoms with Crippen LogP contribution in [0.5, 0.6) is 0 Å². The number of sulfone groups is 1. The molecule has 8 heteroatoms. The Hall–Kier alpha value is -2.19. The predicted molar refractivity (Wildman–Crippen MR) is 102 cm³/mol. The lowest BCUT2D eigenvalue weighted by Crippen LogP contribution is -2.36. The number of fused-ring (bicyclic) bond motifs is 1. The van der Waals surface area contributed by atoms with E-state index in [1.807, 2.05) is 0 Å². The lowest BCUT2D eigenvalue weighted by Gasteiger charge is -2.25. The van der Waals surface area contributed by atoms with E-state index in [4.69, 9.17) is 9.15 Å². The Kier molecular flexibility index (Phi) is 5.25. The molecular weight excluding hydrogens is 380 g/mol. The molecule has 2 aliphatic heterocycles. The molecule has 2 aliphatic rings. The molecule has 1 amide bonds. The van der Waals surface area contributed by atoms with Gasteiger partial charge in [-0.15, -0.1) is 0 Å². The van der Waals surface area contributed by atoms with E-state index in [1.54, 1.807) is 29.2 Å². The first-order chi connectivity index (χ1) is 13.4. The van der Waals surface area contributed by atoms with Crippen molar-refractivity contribution in [2.24, 2.45) is 0 Å². The number of oxazole rings is 1. The van der Waals surface area contributed by atoms with Gasteiger partial charge >= 0.3 is 0 Å². The standard InChI is InChI=1S/C20H24N2O5S/c1-28(24,25)16-4-2-14(3-5-16)12-19(23)22-9-6-18-17(13-22)21-20(27-18)15-7-10-26-11-8-15/h2-5,15H,6-13H2,1H3. The third kappa shape index (κ3) is 4.12. The van der Waals surface area contributed by atoms with Crippen molar-refractivity contribution in [1.82, 2.24) is 9.88 Å². The van der Waals surface area contributed by atoms with Crippen molar-refractivity contribution in [3.8, 4) is 0 Å². The molecule has 2 aromatic rings. The van der Waals surface area contributed by atoms with Crippen LogP contribution >= 0.6 is 0 Å². The molecule has 150 valence electrons. The predicted octanol–water partition coefficient (Wildman–Crippen LogP) is 2.10. The summed E-state index contributed by atoms with van der Waals surface area (Å²) in [5, 5.41) is 0. The molecule has 28 heavy (non-hydrogen) atoms. The van der Waals surface area contributed by atoms with Crippen LogP contribution in [-0.4, -0.2) is 50.2 Å².